The van der Waals surface area contributed by atoms with E-state index in [4.69, 9.17) is 10.2 Å². The number of aryl methyl sites for hydroxylation is 1. The summed E-state index contributed by atoms with van der Waals surface area (Å²) in [5.74, 6) is 1.67. The van der Waals surface area contributed by atoms with E-state index in [1.165, 1.54) is 0 Å². The Bertz CT molecular complexity index is 439. The average Bonchev–Trinajstić information content (AvgIpc) is 2.86. The maximum absolute atomic E-state index is 11.9. The quantitative estimate of drug-likeness (QED) is 0.854. The third-order valence-corrected chi connectivity index (χ3v) is 3.26. The van der Waals surface area contributed by atoms with E-state index in [-0.39, 0.29) is 17.5 Å². The van der Waals surface area contributed by atoms with Gasteiger partial charge in [0.1, 0.15) is 17.6 Å². The highest BCUT2D eigenvalue weighted by atomic mass is 16.3. The molecule has 18 heavy (non-hydrogen) atoms. The molecule has 2 rings (SSSR count). The second-order valence-electron chi connectivity index (χ2n) is 5.70. The molecule has 3 N–H and O–H groups in total. The van der Waals surface area contributed by atoms with Crippen molar-refractivity contribution in [3.05, 3.63) is 23.7 Å². The van der Waals surface area contributed by atoms with Crippen molar-refractivity contribution in [1.29, 1.82) is 0 Å². The van der Waals surface area contributed by atoms with Crippen molar-refractivity contribution < 1.29 is 9.21 Å². The normalized spacial score (nSPS) is 20.3. The highest BCUT2D eigenvalue weighted by Crippen LogP contribution is 2.25. The molecule has 1 aromatic heterocycles. The Morgan fingerprint density at radius 3 is 2.83 bits per heavy atom. The molecule has 0 saturated carbocycles. The van der Waals surface area contributed by atoms with Gasteiger partial charge in [-0.05, 0) is 31.0 Å². The number of hydrogen-bond donors (Lipinski definition) is 2. The van der Waals surface area contributed by atoms with E-state index in [0.717, 1.165) is 11.5 Å². The summed E-state index contributed by atoms with van der Waals surface area (Å²) >= 11 is 0. The monoisotopic (exact) mass is 251 g/mol. The Balaban J connectivity index is 2.03. The number of urea groups is 1. The topological polar surface area (TPSA) is 71.5 Å². The molecule has 1 unspecified atom stereocenters. The molecule has 0 radical (unpaired) electrons. The molecule has 2 amide bonds. The smallest absolute Gasteiger partial charge is 0.318 e. The van der Waals surface area contributed by atoms with Crippen molar-refractivity contribution in [2.45, 2.75) is 26.8 Å². The van der Waals surface area contributed by atoms with Gasteiger partial charge in [-0.15, -0.1) is 0 Å². The molecule has 5 nitrogen and oxygen atoms in total. The van der Waals surface area contributed by atoms with E-state index in [0.29, 0.717) is 19.6 Å². The molecule has 1 saturated heterocycles. The van der Waals surface area contributed by atoms with Gasteiger partial charge >= 0.3 is 6.03 Å². The Labute approximate surface area is 107 Å². The van der Waals surface area contributed by atoms with Gasteiger partial charge in [0.05, 0.1) is 0 Å². The zero-order valence-electron chi connectivity index (χ0n) is 11.2. The predicted molar refractivity (Wildman–Crippen MR) is 69.1 cm³/mol. The summed E-state index contributed by atoms with van der Waals surface area (Å²) in [5.41, 5.74) is 5.64. The van der Waals surface area contributed by atoms with Crippen molar-refractivity contribution in [1.82, 2.24) is 10.2 Å². The predicted octanol–water partition coefficient (Wildman–Crippen LogP) is 1.64. The first-order valence-corrected chi connectivity index (χ1v) is 6.23. The lowest BCUT2D eigenvalue weighted by atomic mass is 9.93. The molecule has 1 atom stereocenters. The molecule has 0 aromatic carbocycles. The first-order valence-electron chi connectivity index (χ1n) is 6.23. The number of hydrogen-bond acceptors (Lipinski definition) is 3. The van der Waals surface area contributed by atoms with Crippen LogP contribution in [0.3, 0.4) is 0 Å². The van der Waals surface area contributed by atoms with Crippen LogP contribution in [-0.2, 0) is 0 Å². The van der Waals surface area contributed by atoms with Crippen LogP contribution in [0, 0.1) is 12.3 Å². The molecule has 0 bridgehead atoms. The second kappa shape index (κ2) is 4.65. The number of rotatable bonds is 4. The van der Waals surface area contributed by atoms with E-state index >= 15 is 0 Å². The molecule has 1 fully saturated rings. The van der Waals surface area contributed by atoms with Crippen molar-refractivity contribution >= 4 is 6.03 Å². The second-order valence-corrected chi connectivity index (χ2v) is 5.70. The van der Waals surface area contributed by atoms with Gasteiger partial charge in [0.2, 0.25) is 0 Å². The van der Waals surface area contributed by atoms with E-state index in [9.17, 15) is 4.79 Å². The highest BCUT2D eigenvalue weighted by Gasteiger charge is 2.34. The number of carbonyl (C=O) groups is 1. The third kappa shape index (κ3) is 2.67. The standard InChI is InChI=1S/C13H21N3O2/c1-9-4-5-11(18-9)10-6-16(12(17)15-10)8-13(2,3)7-14/h4-5,10H,6-8,14H2,1-3H3,(H,15,17). The number of nitrogens with two attached hydrogens (primary N) is 1. The molecular formula is C13H21N3O2. The molecule has 5 heteroatoms. The minimum absolute atomic E-state index is 0.0458. The number of carbonyl (C=O) groups excluding carboxylic acids is 1. The number of amides is 2. The summed E-state index contributed by atoms with van der Waals surface area (Å²) in [6.45, 7) is 7.87. The highest BCUT2D eigenvalue weighted by molar-refractivity contribution is 5.77. The van der Waals surface area contributed by atoms with Crippen LogP contribution in [0.1, 0.15) is 31.4 Å². The van der Waals surface area contributed by atoms with E-state index < -0.39 is 0 Å². The lowest BCUT2D eigenvalue weighted by Crippen LogP contribution is -2.40. The maximum atomic E-state index is 11.9. The number of nitrogens with zero attached hydrogens (tertiary/aromatic N) is 1. The number of nitrogens with one attached hydrogen (secondary N) is 1. The molecule has 0 spiro atoms. The van der Waals surface area contributed by atoms with Crippen LogP contribution in [-0.4, -0.2) is 30.6 Å². The summed E-state index contributed by atoms with van der Waals surface area (Å²) in [6, 6.07) is 3.72. The Hall–Kier alpha value is -1.49. The van der Waals surface area contributed by atoms with E-state index in [1.54, 1.807) is 4.90 Å². The Kier molecular flexibility index (Phi) is 3.34. The van der Waals surface area contributed by atoms with Gasteiger partial charge in [0, 0.05) is 13.1 Å². The molecule has 1 aromatic rings. The van der Waals surface area contributed by atoms with Gasteiger partial charge in [0.25, 0.3) is 0 Å². The summed E-state index contributed by atoms with van der Waals surface area (Å²) in [4.78, 5) is 13.7. The van der Waals surface area contributed by atoms with Gasteiger partial charge in [-0.25, -0.2) is 4.79 Å². The zero-order chi connectivity index (χ0) is 13.3. The van der Waals surface area contributed by atoms with E-state index in [1.807, 2.05) is 19.1 Å². The van der Waals surface area contributed by atoms with Crippen LogP contribution in [0.15, 0.2) is 16.5 Å². The van der Waals surface area contributed by atoms with Gasteiger partial charge < -0.3 is 20.4 Å². The van der Waals surface area contributed by atoms with Crippen LogP contribution >= 0.6 is 0 Å². The van der Waals surface area contributed by atoms with Crippen molar-refractivity contribution in [3.63, 3.8) is 0 Å². The van der Waals surface area contributed by atoms with Crippen molar-refractivity contribution in [2.24, 2.45) is 11.1 Å². The Morgan fingerprint density at radius 1 is 1.56 bits per heavy atom. The van der Waals surface area contributed by atoms with Crippen molar-refractivity contribution in [2.75, 3.05) is 19.6 Å². The van der Waals surface area contributed by atoms with Crippen LogP contribution in [0.4, 0.5) is 4.79 Å². The lowest BCUT2D eigenvalue weighted by Gasteiger charge is -2.27. The fourth-order valence-corrected chi connectivity index (χ4v) is 2.11. The number of furan rings is 1. The average molecular weight is 251 g/mol. The largest absolute Gasteiger partial charge is 0.464 e. The van der Waals surface area contributed by atoms with E-state index in [2.05, 4.69) is 19.2 Å². The van der Waals surface area contributed by atoms with Crippen LogP contribution < -0.4 is 11.1 Å². The Morgan fingerprint density at radius 2 is 2.28 bits per heavy atom. The molecule has 1 aliphatic heterocycles. The zero-order valence-corrected chi connectivity index (χ0v) is 11.2. The first kappa shape index (κ1) is 13.0. The summed E-state index contributed by atoms with van der Waals surface area (Å²) in [7, 11) is 0. The molecule has 1 aliphatic rings. The minimum atomic E-state index is -0.0642. The fraction of sp³-hybridized carbons (Fsp3) is 0.615. The van der Waals surface area contributed by atoms with Gasteiger partial charge in [0.15, 0.2) is 0 Å². The van der Waals surface area contributed by atoms with Gasteiger partial charge in [-0.1, -0.05) is 13.8 Å². The summed E-state index contributed by atoms with van der Waals surface area (Å²) in [5, 5.41) is 2.93. The van der Waals surface area contributed by atoms with Crippen molar-refractivity contribution in [3.8, 4) is 0 Å². The lowest BCUT2D eigenvalue weighted by molar-refractivity contribution is 0.191. The first-order chi connectivity index (χ1) is 8.41. The fourth-order valence-electron chi connectivity index (χ4n) is 2.11. The van der Waals surface area contributed by atoms with Crippen LogP contribution in [0.25, 0.3) is 0 Å². The van der Waals surface area contributed by atoms with Gasteiger partial charge in [-0.2, -0.15) is 0 Å². The molecule has 100 valence electrons. The SMILES string of the molecule is Cc1ccc(C2CN(CC(C)(C)CN)C(=O)N2)o1. The summed E-state index contributed by atoms with van der Waals surface area (Å²) in [6.07, 6.45) is 0. The maximum Gasteiger partial charge on any atom is 0.318 e. The molecular weight excluding hydrogens is 230 g/mol. The third-order valence-electron chi connectivity index (χ3n) is 3.26. The summed E-state index contributed by atoms with van der Waals surface area (Å²) < 4.78 is 5.55. The minimum Gasteiger partial charge on any atom is -0.464 e. The van der Waals surface area contributed by atoms with Gasteiger partial charge in [-0.3, -0.25) is 0 Å². The van der Waals surface area contributed by atoms with Crippen LogP contribution in [0.2, 0.25) is 0 Å². The molecule has 0 aliphatic carbocycles. The molecule has 2 heterocycles. The van der Waals surface area contributed by atoms with Crippen LogP contribution in [0.5, 0.6) is 0 Å².